The highest BCUT2D eigenvalue weighted by atomic mass is 15.0. The van der Waals surface area contributed by atoms with E-state index in [-0.39, 0.29) is 0 Å². The molecule has 3 aliphatic rings. The SMILES string of the molecule is N#Cc1ccc(-c2cccc3c2-c2ccccc2C32c3ccccc3-c3c2cc(-c2ccc(-c4nc(C5=CCCC=C5)nc(-c5ccccc5)n4)cc2)c2ccccc32)cc1. The number of rotatable bonds is 5. The first-order valence-electron chi connectivity index (χ1n) is 20.9. The van der Waals surface area contributed by atoms with Crippen molar-refractivity contribution in [1.82, 2.24) is 15.0 Å². The second-order valence-electron chi connectivity index (χ2n) is 16.0. The van der Waals surface area contributed by atoms with Crippen molar-refractivity contribution in [3.8, 4) is 73.4 Å². The van der Waals surface area contributed by atoms with Crippen LogP contribution < -0.4 is 0 Å². The van der Waals surface area contributed by atoms with E-state index in [0.717, 1.165) is 40.7 Å². The van der Waals surface area contributed by atoms with Gasteiger partial charge in [0.25, 0.3) is 0 Å². The molecule has 0 N–H and O–H groups in total. The van der Waals surface area contributed by atoms with Gasteiger partial charge >= 0.3 is 0 Å². The monoisotopic (exact) mass is 776 g/mol. The van der Waals surface area contributed by atoms with E-state index in [1.165, 1.54) is 66.4 Å². The first-order valence-corrected chi connectivity index (χ1v) is 20.9. The molecule has 0 aliphatic heterocycles. The minimum Gasteiger partial charge on any atom is -0.208 e. The zero-order valence-electron chi connectivity index (χ0n) is 33.2. The van der Waals surface area contributed by atoms with Crippen LogP contribution in [0, 0.1) is 11.3 Å². The first-order chi connectivity index (χ1) is 30.2. The summed E-state index contributed by atoms with van der Waals surface area (Å²) in [5, 5.41) is 12.0. The summed E-state index contributed by atoms with van der Waals surface area (Å²) in [5.41, 5.74) is 17.8. The molecule has 1 aromatic heterocycles. The Labute approximate surface area is 354 Å². The van der Waals surface area contributed by atoms with Crippen molar-refractivity contribution in [1.29, 1.82) is 5.26 Å². The predicted octanol–water partition coefficient (Wildman–Crippen LogP) is 13.6. The van der Waals surface area contributed by atoms with E-state index in [1.807, 2.05) is 30.3 Å². The fraction of sp³-hybridized carbons (Fsp3) is 0.0526. The van der Waals surface area contributed by atoms with Crippen LogP contribution in [-0.4, -0.2) is 15.0 Å². The normalized spacial score (nSPS) is 15.5. The number of aromatic nitrogens is 3. The van der Waals surface area contributed by atoms with E-state index >= 15 is 0 Å². The topological polar surface area (TPSA) is 62.5 Å². The van der Waals surface area contributed by atoms with Crippen LogP contribution in [0.2, 0.25) is 0 Å². The van der Waals surface area contributed by atoms with E-state index < -0.39 is 5.41 Å². The van der Waals surface area contributed by atoms with Gasteiger partial charge in [0, 0.05) is 16.7 Å². The van der Waals surface area contributed by atoms with E-state index in [9.17, 15) is 5.26 Å². The summed E-state index contributed by atoms with van der Waals surface area (Å²) in [4.78, 5) is 15.0. The fourth-order valence-electron chi connectivity index (χ4n) is 10.2. The largest absolute Gasteiger partial charge is 0.208 e. The third-order valence-electron chi connectivity index (χ3n) is 12.8. The Hall–Kier alpha value is -8.00. The van der Waals surface area contributed by atoms with Crippen LogP contribution in [0.5, 0.6) is 0 Å². The quantitative estimate of drug-likeness (QED) is 0.175. The molecule has 0 saturated carbocycles. The van der Waals surface area contributed by atoms with E-state index in [1.54, 1.807) is 0 Å². The van der Waals surface area contributed by atoms with Crippen LogP contribution in [0.1, 0.15) is 46.5 Å². The Balaban J connectivity index is 1.06. The molecule has 284 valence electrons. The lowest BCUT2D eigenvalue weighted by atomic mass is 9.69. The number of allylic oxidation sites excluding steroid dienone is 4. The summed E-state index contributed by atoms with van der Waals surface area (Å²) in [6.07, 6.45) is 8.53. The molecule has 1 spiro atoms. The van der Waals surface area contributed by atoms with E-state index in [0.29, 0.717) is 23.0 Å². The van der Waals surface area contributed by atoms with E-state index in [4.69, 9.17) is 15.0 Å². The van der Waals surface area contributed by atoms with Gasteiger partial charge in [-0.05, 0) is 109 Å². The average Bonchev–Trinajstić information content (AvgIpc) is 3.82. The highest BCUT2D eigenvalue weighted by Gasteiger charge is 2.52. The maximum absolute atomic E-state index is 9.60. The fourth-order valence-corrected chi connectivity index (χ4v) is 10.2. The molecular formula is C57H36N4. The van der Waals surface area contributed by atoms with Crippen LogP contribution in [0.4, 0.5) is 0 Å². The molecule has 0 radical (unpaired) electrons. The van der Waals surface area contributed by atoms with Crippen molar-refractivity contribution in [2.45, 2.75) is 18.3 Å². The van der Waals surface area contributed by atoms with Gasteiger partial charge in [-0.1, -0.05) is 176 Å². The zero-order valence-corrected chi connectivity index (χ0v) is 33.2. The van der Waals surface area contributed by atoms with Gasteiger partial charge < -0.3 is 0 Å². The van der Waals surface area contributed by atoms with Crippen molar-refractivity contribution < 1.29 is 0 Å². The van der Waals surface area contributed by atoms with Gasteiger partial charge in [-0.2, -0.15) is 5.26 Å². The van der Waals surface area contributed by atoms with Gasteiger partial charge in [0.05, 0.1) is 17.0 Å². The molecule has 1 heterocycles. The number of hydrogen-bond acceptors (Lipinski definition) is 4. The smallest absolute Gasteiger partial charge is 0.164 e. The highest BCUT2D eigenvalue weighted by molar-refractivity contribution is 6.12. The number of nitrogens with zero attached hydrogens (tertiary/aromatic N) is 4. The van der Waals surface area contributed by atoms with Crippen LogP contribution in [0.3, 0.4) is 0 Å². The molecule has 3 aliphatic carbocycles. The maximum atomic E-state index is 9.60. The molecule has 9 aromatic rings. The van der Waals surface area contributed by atoms with Crippen LogP contribution in [-0.2, 0) is 5.41 Å². The molecular weight excluding hydrogens is 741 g/mol. The van der Waals surface area contributed by atoms with Crippen molar-refractivity contribution in [3.05, 3.63) is 228 Å². The van der Waals surface area contributed by atoms with Crippen LogP contribution >= 0.6 is 0 Å². The predicted molar refractivity (Wildman–Crippen MR) is 246 cm³/mol. The molecule has 0 bridgehead atoms. The molecule has 12 rings (SSSR count). The van der Waals surface area contributed by atoms with Crippen molar-refractivity contribution in [2.24, 2.45) is 0 Å². The lowest BCUT2D eigenvalue weighted by Gasteiger charge is -2.31. The number of nitriles is 1. The lowest BCUT2D eigenvalue weighted by Crippen LogP contribution is -2.26. The number of hydrogen-bond donors (Lipinski definition) is 0. The Morgan fingerprint density at radius 3 is 1.69 bits per heavy atom. The Kier molecular flexibility index (Phi) is 7.92. The van der Waals surface area contributed by atoms with E-state index in [2.05, 4.69) is 170 Å². The first kappa shape index (κ1) is 35.0. The molecule has 8 aromatic carbocycles. The second kappa shape index (κ2) is 13.8. The molecule has 1 atom stereocenters. The van der Waals surface area contributed by atoms with Gasteiger partial charge in [-0.3, -0.25) is 0 Å². The average molecular weight is 777 g/mol. The van der Waals surface area contributed by atoms with Crippen molar-refractivity contribution in [2.75, 3.05) is 0 Å². The Bertz CT molecular complexity index is 3350. The summed E-state index contributed by atoms with van der Waals surface area (Å²) in [6.45, 7) is 0. The molecule has 1 unspecified atom stereocenters. The third kappa shape index (κ3) is 5.27. The molecule has 4 nitrogen and oxygen atoms in total. The molecule has 4 heteroatoms. The maximum Gasteiger partial charge on any atom is 0.164 e. The van der Waals surface area contributed by atoms with Crippen molar-refractivity contribution in [3.63, 3.8) is 0 Å². The summed E-state index contributed by atoms with van der Waals surface area (Å²) < 4.78 is 0. The molecule has 0 saturated heterocycles. The van der Waals surface area contributed by atoms with Gasteiger partial charge in [0.2, 0.25) is 0 Å². The minimum atomic E-state index is -0.545. The summed E-state index contributed by atoms with van der Waals surface area (Å²) in [7, 11) is 0. The van der Waals surface area contributed by atoms with Gasteiger partial charge in [0.1, 0.15) is 0 Å². The standard InChI is InChI=1S/C57H36N4/c58-35-36-26-28-37(29-27-36)42-22-13-25-50-52(42)45-20-9-11-23-48(45)57(50)49-24-12-10-21-46(49)53-44-19-8-7-18-43(44)47(34-51(53)57)38-30-32-41(33-31-38)56-60-54(39-14-3-1-4-15-39)59-55(61-56)40-16-5-2-6-17-40/h1,3-5,7-34H,2,6H2. The van der Waals surface area contributed by atoms with Gasteiger partial charge in [0.15, 0.2) is 17.5 Å². The summed E-state index contributed by atoms with van der Waals surface area (Å²) in [5.74, 6) is 2.01. The van der Waals surface area contributed by atoms with Crippen LogP contribution in [0.25, 0.3) is 83.6 Å². The second-order valence-corrected chi connectivity index (χ2v) is 16.0. The molecule has 0 fully saturated rings. The summed E-state index contributed by atoms with van der Waals surface area (Å²) in [6, 6.07) is 65.3. The minimum absolute atomic E-state index is 0.545. The third-order valence-corrected chi connectivity index (χ3v) is 12.8. The number of benzene rings is 8. The van der Waals surface area contributed by atoms with Crippen LogP contribution in [0.15, 0.2) is 194 Å². The number of fused-ring (bicyclic) bond motifs is 12. The molecule has 0 amide bonds. The molecule has 61 heavy (non-hydrogen) atoms. The zero-order chi connectivity index (χ0) is 40.5. The van der Waals surface area contributed by atoms with Gasteiger partial charge in [-0.25, -0.2) is 15.0 Å². The van der Waals surface area contributed by atoms with Crippen molar-refractivity contribution >= 4 is 16.3 Å². The van der Waals surface area contributed by atoms with Gasteiger partial charge in [-0.15, -0.1) is 0 Å². The lowest BCUT2D eigenvalue weighted by molar-refractivity contribution is 0.795. The highest BCUT2D eigenvalue weighted by Crippen LogP contribution is 2.65. The Morgan fingerprint density at radius 2 is 0.984 bits per heavy atom. The summed E-state index contributed by atoms with van der Waals surface area (Å²) >= 11 is 0. The Morgan fingerprint density at radius 1 is 0.426 bits per heavy atom.